The zero-order chi connectivity index (χ0) is 23.6. The van der Waals surface area contributed by atoms with Gasteiger partial charge in [0.1, 0.15) is 5.75 Å². The van der Waals surface area contributed by atoms with E-state index in [1.165, 1.54) is 11.1 Å². The molecule has 3 aromatic carbocycles. The number of para-hydroxylation sites is 1. The molecule has 0 aromatic heterocycles. The van der Waals surface area contributed by atoms with Gasteiger partial charge < -0.3 is 15.0 Å². The molecule has 176 valence electrons. The van der Waals surface area contributed by atoms with Gasteiger partial charge in [-0.2, -0.15) is 0 Å². The minimum absolute atomic E-state index is 0.0585. The van der Waals surface area contributed by atoms with E-state index in [0.717, 1.165) is 5.75 Å². The average Bonchev–Trinajstić information content (AvgIpc) is 2.90. The lowest BCUT2D eigenvalue weighted by atomic mass is 9.90. The van der Waals surface area contributed by atoms with E-state index >= 15 is 0 Å². The van der Waals surface area contributed by atoms with Gasteiger partial charge >= 0.3 is 0 Å². The minimum Gasteiger partial charge on any atom is -0.493 e. The molecule has 2 amide bonds. The highest BCUT2D eigenvalue weighted by Gasteiger charge is 2.27. The van der Waals surface area contributed by atoms with Crippen LogP contribution in [0.25, 0.3) is 0 Å². The number of carbonyl (C=O) groups excluding carboxylic acids is 2. The maximum absolute atomic E-state index is 12.9. The Morgan fingerprint density at radius 2 is 1.35 bits per heavy atom. The number of amides is 2. The van der Waals surface area contributed by atoms with Crippen molar-refractivity contribution in [2.75, 3.05) is 26.2 Å². The topological polar surface area (TPSA) is 58.6 Å². The second kappa shape index (κ2) is 12.0. The third-order valence-electron chi connectivity index (χ3n) is 6.43. The number of rotatable bonds is 9. The molecule has 0 bridgehead atoms. The molecule has 4 rings (SSSR count). The van der Waals surface area contributed by atoms with Crippen molar-refractivity contribution in [3.8, 4) is 5.75 Å². The fourth-order valence-electron chi connectivity index (χ4n) is 4.47. The second-order valence-corrected chi connectivity index (χ2v) is 8.69. The van der Waals surface area contributed by atoms with Crippen molar-refractivity contribution in [3.05, 3.63) is 102 Å². The molecule has 0 saturated carbocycles. The number of likely N-dealkylation sites (tertiary alicyclic amines) is 1. The van der Waals surface area contributed by atoms with Crippen LogP contribution in [0.5, 0.6) is 5.75 Å². The summed E-state index contributed by atoms with van der Waals surface area (Å²) in [6, 6.07) is 30.1. The molecule has 1 aliphatic heterocycles. The van der Waals surface area contributed by atoms with Crippen molar-refractivity contribution in [2.24, 2.45) is 5.92 Å². The maximum Gasteiger partial charge on any atom is 0.225 e. The predicted molar refractivity (Wildman–Crippen MR) is 134 cm³/mol. The Kier molecular flexibility index (Phi) is 8.33. The number of benzene rings is 3. The fourth-order valence-corrected chi connectivity index (χ4v) is 4.47. The molecule has 1 N–H and O–H groups in total. The summed E-state index contributed by atoms with van der Waals surface area (Å²) in [5.74, 6) is 0.990. The molecule has 3 aromatic rings. The van der Waals surface area contributed by atoms with Crippen LogP contribution >= 0.6 is 0 Å². The highest BCUT2D eigenvalue weighted by molar-refractivity contribution is 5.80. The van der Waals surface area contributed by atoms with Gasteiger partial charge in [-0.15, -0.1) is 0 Å². The molecule has 34 heavy (non-hydrogen) atoms. The third kappa shape index (κ3) is 6.47. The summed E-state index contributed by atoms with van der Waals surface area (Å²) in [4.78, 5) is 27.3. The quantitative estimate of drug-likeness (QED) is 0.510. The monoisotopic (exact) mass is 456 g/mol. The van der Waals surface area contributed by atoms with Crippen LogP contribution in [-0.4, -0.2) is 43.0 Å². The molecule has 1 heterocycles. The van der Waals surface area contributed by atoms with Crippen molar-refractivity contribution in [1.29, 1.82) is 0 Å². The second-order valence-electron chi connectivity index (χ2n) is 8.69. The molecule has 1 fully saturated rings. The Morgan fingerprint density at radius 1 is 0.824 bits per heavy atom. The third-order valence-corrected chi connectivity index (χ3v) is 6.43. The van der Waals surface area contributed by atoms with Gasteiger partial charge in [0.15, 0.2) is 0 Å². The summed E-state index contributed by atoms with van der Waals surface area (Å²) >= 11 is 0. The molecule has 1 aliphatic rings. The summed E-state index contributed by atoms with van der Waals surface area (Å²) in [6.07, 6.45) is 1.73. The van der Waals surface area contributed by atoms with Crippen LogP contribution < -0.4 is 10.1 Å². The van der Waals surface area contributed by atoms with Crippen LogP contribution in [0.2, 0.25) is 0 Å². The van der Waals surface area contributed by atoms with Gasteiger partial charge in [0.25, 0.3) is 0 Å². The molecular formula is C29H32N2O3. The van der Waals surface area contributed by atoms with Crippen molar-refractivity contribution < 1.29 is 14.3 Å². The van der Waals surface area contributed by atoms with E-state index in [-0.39, 0.29) is 23.7 Å². The Bertz CT molecular complexity index is 993. The molecule has 0 spiro atoms. The van der Waals surface area contributed by atoms with E-state index in [0.29, 0.717) is 45.5 Å². The van der Waals surface area contributed by atoms with Crippen LogP contribution in [0, 0.1) is 5.92 Å². The van der Waals surface area contributed by atoms with Crippen LogP contribution in [-0.2, 0) is 9.59 Å². The minimum atomic E-state index is -0.0585. The average molecular weight is 457 g/mol. The number of piperidine rings is 1. The van der Waals surface area contributed by atoms with Crippen molar-refractivity contribution >= 4 is 11.8 Å². The lowest BCUT2D eigenvalue weighted by Crippen LogP contribution is -2.44. The molecule has 5 nitrogen and oxygen atoms in total. The smallest absolute Gasteiger partial charge is 0.225 e. The molecule has 1 saturated heterocycles. The number of ether oxygens (including phenoxy) is 1. The molecular weight excluding hydrogens is 424 g/mol. The van der Waals surface area contributed by atoms with E-state index in [9.17, 15) is 9.59 Å². The van der Waals surface area contributed by atoms with E-state index < -0.39 is 0 Å². The molecule has 0 aliphatic carbocycles. The number of carbonyl (C=O) groups is 2. The largest absolute Gasteiger partial charge is 0.493 e. The first-order valence-corrected chi connectivity index (χ1v) is 12.0. The summed E-state index contributed by atoms with van der Waals surface area (Å²) in [6.45, 7) is 2.15. The molecule has 0 radical (unpaired) electrons. The lowest BCUT2D eigenvalue weighted by molar-refractivity contribution is -0.136. The van der Waals surface area contributed by atoms with Crippen molar-refractivity contribution in [1.82, 2.24) is 10.2 Å². The fraction of sp³-hybridized carbons (Fsp3) is 0.310. The van der Waals surface area contributed by atoms with E-state index in [2.05, 4.69) is 29.6 Å². The van der Waals surface area contributed by atoms with E-state index in [4.69, 9.17) is 4.74 Å². The Balaban J connectivity index is 1.24. The normalized spacial score (nSPS) is 14.1. The molecule has 0 unspecified atom stereocenters. The highest BCUT2D eigenvalue weighted by atomic mass is 16.5. The van der Waals surface area contributed by atoms with Crippen LogP contribution in [0.15, 0.2) is 91.0 Å². The van der Waals surface area contributed by atoms with Gasteiger partial charge in [-0.25, -0.2) is 0 Å². The number of nitrogens with zero attached hydrogens (tertiary/aromatic N) is 1. The van der Waals surface area contributed by atoms with Crippen LogP contribution in [0.3, 0.4) is 0 Å². The van der Waals surface area contributed by atoms with Gasteiger partial charge in [0.05, 0.1) is 13.0 Å². The van der Waals surface area contributed by atoms with Crippen LogP contribution in [0.4, 0.5) is 0 Å². The van der Waals surface area contributed by atoms with Gasteiger partial charge in [-0.05, 0) is 36.1 Å². The van der Waals surface area contributed by atoms with Gasteiger partial charge in [0, 0.05) is 31.5 Å². The van der Waals surface area contributed by atoms with Crippen LogP contribution in [0.1, 0.15) is 36.3 Å². The summed E-state index contributed by atoms with van der Waals surface area (Å²) < 4.78 is 5.64. The van der Waals surface area contributed by atoms with Crippen molar-refractivity contribution in [3.63, 3.8) is 0 Å². The maximum atomic E-state index is 12.9. The Labute approximate surface area is 201 Å². The van der Waals surface area contributed by atoms with Gasteiger partial charge in [0.2, 0.25) is 11.8 Å². The van der Waals surface area contributed by atoms with E-state index in [1.807, 2.05) is 71.6 Å². The zero-order valence-electron chi connectivity index (χ0n) is 19.4. The van der Waals surface area contributed by atoms with E-state index in [1.54, 1.807) is 0 Å². The summed E-state index contributed by atoms with van der Waals surface area (Å²) in [7, 11) is 0. The summed E-state index contributed by atoms with van der Waals surface area (Å²) in [5.41, 5.74) is 2.37. The Morgan fingerprint density at radius 3 is 1.91 bits per heavy atom. The SMILES string of the molecule is O=C(NCC(c1ccccc1)c1ccccc1)C1CCN(C(=O)CCOc2ccccc2)CC1. The molecule has 5 heteroatoms. The van der Waals surface area contributed by atoms with Gasteiger partial charge in [-0.3, -0.25) is 9.59 Å². The predicted octanol–water partition coefficient (Wildman–Crippen LogP) is 4.64. The van der Waals surface area contributed by atoms with Crippen molar-refractivity contribution in [2.45, 2.75) is 25.2 Å². The first kappa shape index (κ1) is 23.6. The molecule has 0 atom stereocenters. The number of nitrogens with one attached hydrogen (secondary N) is 1. The number of hydrogen-bond donors (Lipinski definition) is 1. The Hall–Kier alpha value is -3.60. The zero-order valence-corrected chi connectivity index (χ0v) is 19.4. The standard InChI is InChI=1S/C29H32N2O3/c32-28(18-21-34-26-14-8-3-9-15-26)31-19-16-25(17-20-31)29(33)30-22-27(23-10-4-1-5-11-23)24-12-6-2-7-13-24/h1-15,25,27H,16-22H2,(H,30,33). The summed E-state index contributed by atoms with van der Waals surface area (Å²) in [5, 5.41) is 3.18. The van der Waals surface area contributed by atoms with Gasteiger partial charge in [-0.1, -0.05) is 78.9 Å². The number of hydrogen-bond acceptors (Lipinski definition) is 3. The lowest BCUT2D eigenvalue weighted by Gasteiger charge is -2.31. The highest BCUT2D eigenvalue weighted by Crippen LogP contribution is 2.24. The first-order valence-electron chi connectivity index (χ1n) is 12.0. The first-order chi connectivity index (χ1) is 16.7.